The number of hydrogen-bond donors (Lipinski definition) is 3. The fourth-order valence-corrected chi connectivity index (χ4v) is 1.66. The van der Waals surface area contributed by atoms with Gasteiger partial charge in [0.25, 0.3) is 0 Å². The van der Waals surface area contributed by atoms with Crippen molar-refractivity contribution in [3.8, 4) is 5.75 Å². The SMILES string of the molecule is CCOc1ccc(NC(=O)CCC(C)N)cc1CO. The molecule has 0 bridgehead atoms. The van der Waals surface area contributed by atoms with Crippen LogP contribution in [0.3, 0.4) is 0 Å². The average Bonchev–Trinajstić information content (AvgIpc) is 2.38. The summed E-state index contributed by atoms with van der Waals surface area (Å²) in [4.78, 5) is 11.7. The molecule has 1 amide bonds. The van der Waals surface area contributed by atoms with Crippen molar-refractivity contribution in [2.24, 2.45) is 5.73 Å². The molecule has 0 spiro atoms. The van der Waals surface area contributed by atoms with Gasteiger partial charge >= 0.3 is 0 Å². The first kappa shape index (κ1) is 15.5. The van der Waals surface area contributed by atoms with Crippen molar-refractivity contribution >= 4 is 11.6 Å². The van der Waals surface area contributed by atoms with E-state index in [1.54, 1.807) is 18.2 Å². The van der Waals surface area contributed by atoms with Crippen molar-refractivity contribution in [3.05, 3.63) is 23.8 Å². The van der Waals surface area contributed by atoms with Crippen LogP contribution in [-0.2, 0) is 11.4 Å². The maximum absolute atomic E-state index is 11.7. The van der Waals surface area contributed by atoms with E-state index < -0.39 is 0 Å². The number of hydrogen-bond acceptors (Lipinski definition) is 4. The predicted octanol–water partition coefficient (Wildman–Crippen LogP) is 1.64. The minimum Gasteiger partial charge on any atom is -0.494 e. The molecule has 4 N–H and O–H groups in total. The van der Waals surface area contributed by atoms with Gasteiger partial charge < -0.3 is 20.9 Å². The largest absolute Gasteiger partial charge is 0.494 e. The third kappa shape index (κ3) is 5.28. The van der Waals surface area contributed by atoms with Gasteiger partial charge in [0.1, 0.15) is 5.75 Å². The lowest BCUT2D eigenvalue weighted by atomic mass is 10.1. The molecule has 19 heavy (non-hydrogen) atoms. The first-order chi connectivity index (χ1) is 9.06. The van der Waals surface area contributed by atoms with E-state index in [2.05, 4.69) is 5.32 Å². The Hall–Kier alpha value is -1.59. The molecular formula is C14H22N2O3. The predicted molar refractivity (Wildman–Crippen MR) is 75.0 cm³/mol. The number of anilines is 1. The molecule has 1 rings (SSSR count). The number of ether oxygens (including phenoxy) is 1. The lowest BCUT2D eigenvalue weighted by Crippen LogP contribution is -2.19. The Morgan fingerprint density at radius 1 is 1.53 bits per heavy atom. The van der Waals surface area contributed by atoms with Gasteiger partial charge in [0.05, 0.1) is 13.2 Å². The van der Waals surface area contributed by atoms with Crippen LogP contribution in [0, 0.1) is 0 Å². The summed E-state index contributed by atoms with van der Waals surface area (Å²) in [7, 11) is 0. The highest BCUT2D eigenvalue weighted by atomic mass is 16.5. The number of carbonyl (C=O) groups is 1. The fourth-order valence-electron chi connectivity index (χ4n) is 1.66. The molecule has 106 valence electrons. The van der Waals surface area contributed by atoms with Crippen LogP contribution in [0.2, 0.25) is 0 Å². The molecular weight excluding hydrogens is 244 g/mol. The number of benzene rings is 1. The number of nitrogens with two attached hydrogens (primary N) is 1. The Kier molecular flexibility index (Phi) is 6.32. The minimum absolute atomic E-state index is 0.0130. The molecule has 0 aromatic heterocycles. The van der Waals surface area contributed by atoms with Gasteiger partial charge in [-0.2, -0.15) is 0 Å². The maximum Gasteiger partial charge on any atom is 0.224 e. The second-order valence-electron chi connectivity index (χ2n) is 4.48. The van der Waals surface area contributed by atoms with Crippen LogP contribution in [0.5, 0.6) is 5.75 Å². The normalized spacial score (nSPS) is 12.0. The van der Waals surface area contributed by atoms with Gasteiger partial charge in [-0.05, 0) is 38.5 Å². The third-order valence-corrected chi connectivity index (χ3v) is 2.64. The summed E-state index contributed by atoms with van der Waals surface area (Å²) >= 11 is 0. The Morgan fingerprint density at radius 2 is 2.26 bits per heavy atom. The fraction of sp³-hybridized carbons (Fsp3) is 0.500. The Bertz CT molecular complexity index is 419. The van der Waals surface area contributed by atoms with Crippen molar-refractivity contribution in [1.29, 1.82) is 0 Å². The summed E-state index contributed by atoms with van der Waals surface area (Å²) in [6.45, 7) is 4.16. The van der Waals surface area contributed by atoms with Crippen LogP contribution in [0.25, 0.3) is 0 Å². The van der Waals surface area contributed by atoms with E-state index in [1.165, 1.54) is 0 Å². The van der Waals surface area contributed by atoms with E-state index in [-0.39, 0.29) is 18.6 Å². The molecule has 1 unspecified atom stereocenters. The van der Waals surface area contributed by atoms with E-state index in [0.717, 1.165) is 0 Å². The summed E-state index contributed by atoms with van der Waals surface area (Å²) in [5.41, 5.74) is 6.92. The van der Waals surface area contributed by atoms with Crippen LogP contribution in [0.4, 0.5) is 5.69 Å². The first-order valence-electron chi connectivity index (χ1n) is 6.48. The number of carbonyl (C=O) groups excluding carboxylic acids is 1. The second kappa shape index (κ2) is 7.76. The van der Waals surface area contributed by atoms with Gasteiger partial charge in [0.15, 0.2) is 0 Å². The molecule has 0 radical (unpaired) electrons. The summed E-state index contributed by atoms with van der Waals surface area (Å²) in [5.74, 6) is 0.559. The van der Waals surface area contributed by atoms with E-state index in [1.807, 2.05) is 13.8 Å². The monoisotopic (exact) mass is 266 g/mol. The van der Waals surface area contributed by atoms with Crippen LogP contribution < -0.4 is 15.8 Å². The summed E-state index contributed by atoms with van der Waals surface area (Å²) in [6.07, 6.45) is 1.04. The average molecular weight is 266 g/mol. The van der Waals surface area contributed by atoms with Gasteiger partial charge in [-0.3, -0.25) is 4.79 Å². The van der Waals surface area contributed by atoms with Gasteiger partial charge in [-0.25, -0.2) is 0 Å². The quantitative estimate of drug-likeness (QED) is 0.700. The van der Waals surface area contributed by atoms with Crippen molar-refractivity contribution in [3.63, 3.8) is 0 Å². The van der Waals surface area contributed by atoms with E-state index in [4.69, 9.17) is 10.5 Å². The summed E-state index contributed by atoms with van der Waals surface area (Å²) in [6, 6.07) is 5.23. The second-order valence-corrected chi connectivity index (χ2v) is 4.48. The van der Waals surface area contributed by atoms with Crippen LogP contribution in [-0.4, -0.2) is 23.7 Å². The Morgan fingerprint density at radius 3 is 2.84 bits per heavy atom. The zero-order valence-electron chi connectivity index (χ0n) is 11.5. The highest BCUT2D eigenvalue weighted by molar-refractivity contribution is 5.90. The van der Waals surface area contributed by atoms with Crippen molar-refractivity contribution in [1.82, 2.24) is 0 Å². The topological polar surface area (TPSA) is 84.6 Å². The highest BCUT2D eigenvalue weighted by Gasteiger charge is 2.07. The van der Waals surface area contributed by atoms with Crippen LogP contribution in [0.15, 0.2) is 18.2 Å². The first-order valence-corrected chi connectivity index (χ1v) is 6.48. The van der Waals surface area contributed by atoms with Crippen LogP contribution in [0.1, 0.15) is 32.3 Å². The number of rotatable bonds is 7. The molecule has 1 aromatic carbocycles. The molecule has 0 aliphatic carbocycles. The maximum atomic E-state index is 11.7. The Balaban J connectivity index is 2.66. The molecule has 1 atom stereocenters. The van der Waals surface area contributed by atoms with E-state index in [0.29, 0.717) is 36.4 Å². The number of amides is 1. The minimum atomic E-state index is -0.126. The third-order valence-electron chi connectivity index (χ3n) is 2.64. The standard InChI is InChI=1S/C14H22N2O3/c1-3-19-13-6-5-12(8-11(13)9-17)16-14(18)7-4-10(2)15/h5-6,8,10,17H,3-4,7,9,15H2,1-2H3,(H,16,18). The molecule has 0 aliphatic heterocycles. The summed E-state index contributed by atoms with van der Waals surface area (Å²) in [5, 5.41) is 12.1. The molecule has 5 nitrogen and oxygen atoms in total. The van der Waals surface area contributed by atoms with Gasteiger partial charge in [0, 0.05) is 23.7 Å². The zero-order chi connectivity index (χ0) is 14.3. The molecule has 0 saturated carbocycles. The Labute approximate surface area is 113 Å². The van der Waals surface area contributed by atoms with Crippen molar-refractivity contribution in [2.75, 3.05) is 11.9 Å². The molecule has 0 aliphatic rings. The lowest BCUT2D eigenvalue weighted by molar-refractivity contribution is -0.116. The lowest BCUT2D eigenvalue weighted by Gasteiger charge is -2.11. The van der Waals surface area contributed by atoms with Gasteiger partial charge in [-0.15, -0.1) is 0 Å². The number of aliphatic hydroxyl groups excluding tert-OH is 1. The molecule has 0 fully saturated rings. The smallest absolute Gasteiger partial charge is 0.224 e. The van der Waals surface area contributed by atoms with E-state index in [9.17, 15) is 9.90 Å². The molecule has 5 heteroatoms. The zero-order valence-corrected chi connectivity index (χ0v) is 11.5. The van der Waals surface area contributed by atoms with Gasteiger partial charge in [-0.1, -0.05) is 0 Å². The van der Waals surface area contributed by atoms with E-state index >= 15 is 0 Å². The summed E-state index contributed by atoms with van der Waals surface area (Å²) < 4.78 is 5.38. The van der Waals surface area contributed by atoms with Crippen LogP contribution >= 0.6 is 0 Å². The molecule has 0 heterocycles. The number of nitrogens with one attached hydrogen (secondary N) is 1. The molecule has 1 aromatic rings. The van der Waals surface area contributed by atoms with Crippen molar-refractivity contribution < 1.29 is 14.6 Å². The molecule has 0 saturated heterocycles. The van der Waals surface area contributed by atoms with Gasteiger partial charge in [0.2, 0.25) is 5.91 Å². The highest BCUT2D eigenvalue weighted by Crippen LogP contribution is 2.23. The number of aliphatic hydroxyl groups is 1. The van der Waals surface area contributed by atoms with Crippen molar-refractivity contribution in [2.45, 2.75) is 39.3 Å².